The molecule has 0 atom stereocenters. The zero-order valence-corrected chi connectivity index (χ0v) is 15.2. The summed E-state index contributed by atoms with van der Waals surface area (Å²) < 4.78 is 21.0. The monoisotopic (exact) mass is 378 g/mol. The molecule has 0 aliphatic rings. The van der Waals surface area contributed by atoms with E-state index in [4.69, 9.17) is 25.8 Å². The van der Waals surface area contributed by atoms with Gasteiger partial charge in [0, 0.05) is 0 Å². The first-order valence-corrected chi connectivity index (χ1v) is 8.07. The van der Waals surface area contributed by atoms with Gasteiger partial charge in [-0.1, -0.05) is 23.7 Å². The van der Waals surface area contributed by atoms with Crippen molar-refractivity contribution in [1.82, 2.24) is 5.43 Å². The van der Waals surface area contributed by atoms with Crippen molar-refractivity contribution in [3.8, 4) is 17.2 Å². The van der Waals surface area contributed by atoms with Crippen LogP contribution in [0, 0.1) is 0 Å². The molecule has 0 radical (unpaired) electrons. The summed E-state index contributed by atoms with van der Waals surface area (Å²) >= 11 is 6.02. The number of hydrazone groups is 1. The van der Waals surface area contributed by atoms with Crippen molar-refractivity contribution < 1.29 is 23.7 Å². The Morgan fingerprint density at radius 1 is 1.08 bits per heavy atom. The molecular weight excluding hydrogens is 360 g/mol. The predicted octanol–water partition coefficient (Wildman–Crippen LogP) is 3.50. The predicted molar refractivity (Wildman–Crippen MR) is 98.6 cm³/mol. The summed E-state index contributed by atoms with van der Waals surface area (Å²) in [5, 5.41) is 4.31. The van der Waals surface area contributed by atoms with Crippen molar-refractivity contribution in [2.24, 2.45) is 5.10 Å². The Balaban J connectivity index is 1.89. The lowest BCUT2D eigenvalue weighted by atomic mass is 10.2. The van der Waals surface area contributed by atoms with Crippen LogP contribution in [-0.2, 0) is 4.74 Å². The summed E-state index contributed by atoms with van der Waals surface area (Å²) in [5.41, 5.74) is 2.92. The SMILES string of the molecule is COC(=O)NN=Cc1ccc(OCCOc2ccccc2Cl)c(OC)c1. The molecule has 0 bridgehead atoms. The molecule has 0 aliphatic carbocycles. The van der Waals surface area contributed by atoms with Gasteiger partial charge in [0.15, 0.2) is 11.5 Å². The van der Waals surface area contributed by atoms with Crippen LogP contribution in [0.4, 0.5) is 4.79 Å². The maximum atomic E-state index is 10.9. The van der Waals surface area contributed by atoms with Gasteiger partial charge < -0.3 is 18.9 Å². The highest BCUT2D eigenvalue weighted by atomic mass is 35.5. The fourth-order valence-corrected chi connectivity index (χ4v) is 2.14. The zero-order chi connectivity index (χ0) is 18.8. The minimum Gasteiger partial charge on any atom is -0.493 e. The summed E-state index contributed by atoms with van der Waals surface area (Å²) in [5.74, 6) is 1.70. The maximum Gasteiger partial charge on any atom is 0.427 e. The van der Waals surface area contributed by atoms with E-state index in [-0.39, 0.29) is 0 Å². The van der Waals surface area contributed by atoms with Crippen LogP contribution >= 0.6 is 11.6 Å². The van der Waals surface area contributed by atoms with Crippen LogP contribution in [0.2, 0.25) is 5.02 Å². The summed E-state index contributed by atoms with van der Waals surface area (Å²) in [6, 6.07) is 12.5. The van der Waals surface area contributed by atoms with E-state index in [1.807, 2.05) is 12.1 Å². The Morgan fingerprint density at radius 3 is 2.50 bits per heavy atom. The Hall–Kier alpha value is -2.93. The molecule has 138 valence electrons. The largest absolute Gasteiger partial charge is 0.493 e. The van der Waals surface area contributed by atoms with Gasteiger partial charge in [-0.3, -0.25) is 0 Å². The minimum atomic E-state index is -0.647. The molecule has 0 saturated heterocycles. The number of benzene rings is 2. The number of methoxy groups -OCH3 is 2. The van der Waals surface area contributed by atoms with Gasteiger partial charge in [0.1, 0.15) is 19.0 Å². The molecule has 0 fully saturated rings. The Labute approximate surface area is 156 Å². The lowest BCUT2D eigenvalue weighted by Crippen LogP contribution is -2.16. The molecule has 0 saturated carbocycles. The Bertz CT molecular complexity index is 767. The lowest BCUT2D eigenvalue weighted by Gasteiger charge is -2.12. The fourth-order valence-electron chi connectivity index (χ4n) is 1.95. The number of para-hydroxylation sites is 1. The molecule has 7 nitrogen and oxygen atoms in total. The second-order valence-electron chi connectivity index (χ2n) is 4.90. The third-order valence-electron chi connectivity index (χ3n) is 3.18. The van der Waals surface area contributed by atoms with Crippen LogP contribution in [0.15, 0.2) is 47.6 Å². The van der Waals surface area contributed by atoms with Gasteiger partial charge in [-0.2, -0.15) is 5.10 Å². The molecule has 2 aromatic rings. The molecule has 1 amide bonds. The first-order valence-electron chi connectivity index (χ1n) is 7.69. The van der Waals surface area contributed by atoms with Gasteiger partial charge in [0.25, 0.3) is 0 Å². The molecule has 1 N–H and O–H groups in total. The topological polar surface area (TPSA) is 78.4 Å². The number of rotatable bonds is 8. The van der Waals surface area contributed by atoms with E-state index in [0.29, 0.717) is 35.5 Å². The Kier molecular flexibility index (Phi) is 7.57. The van der Waals surface area contributed by atoms with Crippen molar-refractivity contribution in [3.05, 3.63) is 53.1 Å². The van der Waals surface area contributed by atoms with Crippen molar-refractivity contribution >= 4 is 23.9 Å². The number of hydrogen-bond acceptors (Lipinski definition) is 6. The van der Waals surface area contributed by atoms with Gasteiger partial charge in [0.2, 0.25) is 0 Å². The van der Waals surface area contributed by atoms with Gasteiger partial charge in [-0.05, 0) is 35.9 Å². The molecular formula is C18H19ClN2O5. The highest BCUT2D eigenvalue weighted by molar-refractivity contribution is 6.32. The molecule has 8 heteroatoms. The summed E-state index contributed by atoms with van der Waals surface area (Å²) in [4.78, 5) is 10.9. The first kappa shape index (κ1) is 19.4. The van der Waals surface area contributed by atoms with Crippen LogP contribution in [-0.4, -0.2) is 39.7 Å². The lowest BCUT2D eigenvalue weighted by molar-refractivity contribution is 0.171. The molecule has 0 aromatic heterocycles. The second kappa shape index (κ2) is 10.1. The molecule has 0 spiro atoms. The third-order valence-corrected chi connectivity index (χ3v) is 3.49. The molecule has 0 unspecified atom stereocenters. The number of carbonyl (C=O) groups is 1. The average Bonchev–Trinajstić information content (AvgIpc) is 2.66. The smallest absolute Gasteiger partial charge is 0.427 e. The number of hydrogen-bond donors (Lipinski definition) is 1. The number of ether oxygens (including phenoxy) is 4. The van der Waals surface area contributed by atoms with Gasteiger partial charge in [-0.15, -0.1) is 0 Å². The summed E-state index contributed by atoms with van der Waals surface area (Å²) in [6.45, 7) is 0.651. The minimum absolute atomic E-state index is 0.318. The third kappa shape index (κ3) is 5.86. The zero-order valence-electron chi connectivity index (χ0n) is 14.4. The van der Waals surface area contributed by atoms with E-state index in [2.05, 4.69) is 15.3 Å². The number of halogens is 1. The fraction of sp³-hybridized carbons (Fsp3) is 0.222. The van der Waals surface area contributed by atoms with Crippen LogP contribution in [0.25, 0.3) is 0 Å². The van der Waals surface area contributed by atoms with Crippen LogP contribution in [0.1, 0.15) is 5.56 Å². The van der Waals surface area contributed by atoms with E-state index in [0.717, 1.165) is 5.56 Å². The van der Waals surface area contributed by atoms with Gasteiger partial charge >= 0.3 is 6.09 Å². The van der Waals surface area contributed by atoms with Crippen molar-refractivity contribution in [2.75, 3.05) is 27.4 Å². The number of nitrogens with zero attached hydrogens (tertiary/aromatic N) is 1. The number of carbonyl (C=O) groups excluding carboxylic acids is 1. The highest BCUT2D eigenvalue weighted by Gasteiger charge is 2.06. The highest BCUT2D eigenvalue weighted by Crippen LogP contribution is 2.28. The second-order valence-corrected chi connectivity index (χ2v) is 5.31. The molecule has 2 rings (SSSR count). The molecule has 26 heavy (non-hydrogen) atoms. The standard InChI is InChI=1S/C18H19ClN2O5/c1-23-17-11-13(12-20-21-18(22)24-2)7-8-16(17)26-10-9-25-15-6-4-3-5-14(15)19/h3-8,11-12H,9-10H2,1-2H3,(H,21,22). The van der Waals surface area contributed by atoms with Crippen molar-refractivity contribution in [1.29, 1.82) is 0 Å². The van der Waals surface area contributed by atoms with Crippen molar-refractivity contribution in [3.63, 3.8) is 0 Å². The Morgan fingerprint density at radius 2 is 1.81 bits per heavy atom. The quantitative estimate of drug-likeness (QED) is 0.432. The van der Waals surface area contributed by atoms with E-state index in [1.165, 1.54) is 20.4 Å². The summed E-state index contributed by atoms with van der Waals surface area (Å²) in [7, 11) is 2.80. The number of nitrogens with one attached hydrogen (secondary N) is 1. The molecule has 2 aromatic carbocycles. The van der Waals surface area contributed by atoms with E-state index < -0.39 is 6.09 Å². The average molecular weight is 379 g/mol. The molecule has 0 heterocycles. The van der Waals surface area contributed by atoms with E-state index in [9.17, 15) is 4.79 Å². The van der Waals surface area contributed by atoms with Crippen LogP contribution < -0.4 is 19.6 Å². The van der Waals surface area contributed by atoms with Crippen LogP contribution in [0.5, 0.6) is 17.2 Å². The van der Waals surface area contributed by atoms with Crippen LogP contribution in [0.3, 0.4) is 0 Å². The van der Waals surface area contributed by atoms with E-state index in [1.54, 1.807) is 30.3 Å². The normalized spacial score (nSPS) is 10.4. The molecule has 0 aliphatic heterocycles. The van der Waals surface area contributed by atoms with E-state index >= 15 is 0 Å². The van der Waals surface area contributed by atoms with Crippen molar-refractivity contribution in [2.45, 2.75) is 0 Å². The number of amides is 1. The maximum absolute atomic E-state index is 10.9. The van der Waals surface area contributed by atoms with Gasteiger partial charge in [0.05, 0.1) is 25.5 Å². The van der Waals surface area contributed by atoms with Gasteiger partial charge in [-0.25, -0.2) is 10.2 Å². The first-order chi connectivity index (χ1) is 12.6. The summed E-state index contributed by atoms with van der Waals surface area (Å²) in [6.07, 6.45) is 0.815.